The summed E-state index contributed by atoms with van der Waals surface area (Å²) < 4.78 is 4.07. The Morgan fingerprint density at radius 3 is 2.47 bits per heavy atom. The molecule has 1 N–H and O–H groups in total. The molecular weight excluding hydrogens is 406 g/mol. The summed E-state index contributed by atoms with van der Waals surface area (Å²) in [4.78, 5) is 39.2. The van der Waals surface area contributed by atoms with E-state index in [1.54, 1.807) is 24.3 Å². The number of rotatable bonds is 5. The Bertz CT molecular complexity index is 1390. The summed E-state index contributed by atoms with van der Waals surface area (Å²) in [5.74, 6) is -0.00307. The monoisotopic (exact) mass is 431 g/mol. The summed E-state index contributed by atoms with van der Waals surface area (Å²) >= 11 is 0. The van der Waals surface area contributed by atoms with E-state index in [-0.39, 0.29) is 36.4 Å². The predicted molar refractivity (Wildman–Crippen MR) is 122 cm³/mol. The van der Waals surface area contributed by atoms with Gasteiger partial charge in [-0.2, -0.15) is 0 Å². The van der Waals surface area contributed by atoms with Gasteiger partial charge in [-0.1, -0.05) is 61.7 Å². The summed E-state index contributed by atoms with van der Waals surface area (Å²) in [6.45, 7) is 0.101. The minimum Gasteiger partial charge on any atom is -0.352 e. The second-order valence-electron chi connectivity index (χ2n) is 8.37. The van der Waals surface area contributed by atoms with Gasteiger partial charge in [-0.3, -0.25) is 14.2 Å². The number of para-hydroxylation sites is 1. The van der Waals surface area contributed by atoms with Gasteiger partial charge in [0.1, 0.15) is 6.54 Å². The maximum absolute atomic E-state index is 13.3. The highest BCUT2D eigenvalue weighted by Gasteiger charge is 2.20. The lowest BCUT2D eigenvalue weighted by molar-refractivity contribution is -0.122. The molecule has 0 spiro atoms. The molecular formula is C24H25N5O3. The molecule has 1 fully saturated rings. The number of aromatic nitrogens is 4. The number of benzene rings is 2. The van der Waals surface area contributed by atoms with E-state index in [9.17, 15) is 14.4 Å². The Morgan fingerprint density at radius 2 is 1.69 bits per heavy atom. The van der Waals surface area contributed by atoms with Crippen LogP contribution in [-0.4, -0.2) is 30.7 Å². The smallest absolute Gasteiger partial charge is 0.352 e. The Balaban J connectivity index is 1.59. The molecule has 0 bridgehead atoms. The van der Waals surface area contributed by atoms with E-state index in [1.807, 2.05) is 30.3 Å². The first-order valence-corrected chi connectivity index (χ1v) is 11.1. The summed E-state index contributed by atoms with van der Waals surface area (Å²) in [7, 11) is 0. The van der Waals surface area contributed by atoms with Crippen LogP contribution >= 0.6 is 0 Å². The molecule has 0 saturated heterocycles. The number of carbonyl (C=O) groups excluding carboxylic acids is 1. The number of carbonyl (C=O) groups is 1. The molecule has 1 aliphatic carbocycles. The second kappa shape index (κ2) is 8.45. The van der Waals surface area contributed by atoms with Crippen LogP contribution in [0, 0.1) is 0 Å². The average molecular weight is 431 g/mol. The zero-order chi connectivity index (χ0) is 22.1. The van der Waals surface area contributed by atoms with Crippen molar-refractivity contribution in [2.24, 2.45) is 0 Å². The number of nitrogens with one attached hydrogen (secondary N) is 1. The van der Waals surface area contributed by atoms with Crippen molar-refractivity contribution in [1.82, 2.24) is 24.1 Å². The van der Waals surface area contributed by atoms with Crippen LogP contribution in [0.15, 0.2) is 64.2 Å². The van der Waals surface area contributed by atoms with Crippen molar-refractivity contribution in [2.75, 3.05) is 0 Å². The normalized spacial score (nSPS) is 14.8. The van der Waals surface area contributed by atoms with Crippen LogP contribution in [0.3, 0.4) is 0 Å². The minimum absolute atomic E-state index is 0.154. The molecule has 32 heavy (non-hydrogen) atoms. The lowest BCUT2D eigenvalue weighted by Gasteiger charge is -2.22. The number of nitrogens with zero attached hydrogens (tertiary/aromatic N) is 4. The van der Waals surface area contributed by atoms with Crippen molar-refractivity contribution < 1.29 is 4.79 Å². The highest BCUT2D eigenvalue weighted by molar-refractivity contribution is 5.80. The zero-order valence-corrected chi connectivity index (χ0v) is 17.7. The van der Waals surface area contributed by atoms with Gasteiger partial charge in [-0.05, 0) is 30.5 Å². The number of hydrogen-bond acceptors (Lipinski definition) is 4. The Morgan fingerprint density at radius 1 is 0.969 bits per heavy atom. The van der Waals surface area contributed by atoms with Crippen molar-refractivity contribution in [2.45, 2.75) is 51.2 Å². The third kappa shape index (κ3) is 3.72. The van der Waals surface area contributed by atoms with Crippen molar-refractivity contribution >= 4 is 22.6 Å². The van der Waals surface area contributed by atoms with Crippen LogP contribution in [0.5, 0.6) is 0 Å². The number of hydrogen-bond donors (Lipinski definition) is 1. The molecule has 1 saturated carbocycles. The maximum atomic E-state index is 13.3. The van der Waals surface area contributed by atoms with E-state index in [1.165, 1.54) is 15.4 Å². The standard InChI is InChI=1S/C24H25N5O3/c30-21(25-18-11-5-2-6-12-18)16-28-24(32)29-20-14-8-7-13-19(20)22(31)27(23(29)26-28)15-17-9-3-1-4-10-17/h1,3-4,7-10,13-14,18H,2,5-6,11-12,15-16H2,(H,25,30). The molecule has 2 aromatic carbocycles. The molecule has 0 unspecified atom stereocenters. The first-order valence-electron chi connectivity index (χ1n) is 11.1. The molecule has 1 amide bonds. The van der Waals surface area contributed by atoms with Crippen molar-refractivity contribution in [3.63, 3.8) is 0 Å². The molecule has 4 aromatic rings. The van der Waals surface area contributed by atoms with Crippen LogP contribution in [0.1, 0.15) is 37.7 Å². The largest absolute Gasteiger partial charge is 0.352 e. The van der Waals surface area contributed by atoms with Gasteiger partial charge in [-0.25, -0.2) is 13.9 Å². The van der Waals surface area contributed by atoms with Gasteiger partial charge in [0, 0.05) is 6.04 Å². The minimum atomic E-state index is -0.434. The molecule has 0 aliphatic heterocycles. The zero-order valence-electron chi connectivity index (χ0n) is 17.7. The quantitative estimate of drug-likeness (QED) is 0.525. The summed E-state index contributed by atoms with van der Waals surface area (Å²) in [5.41, 5.74) is 0.752. The van der Waals surface area contributed by atoms with Gasteiger partial charge >= 0.3 is 5.69 Å². The topological polar surface area (TPSA) is 90.4 Å². The van der Waals surface area contributed by atoms with E-state index in [2.05, 4.69) is 10.4 Å². The second-order valence-corrected chi connectivity index (χ2v) is 8.37. The van der Waals surface area contributed by atoms with Crippen molar-refractivity contribution in [3.05, 3.63) is 81.0 Å². The lowest BCUT2D eigenvalue weighted by atomic mass is 9.95. The molecule has 164 valence electrons. The number of fused-ring (bicyclic) bond motifs is 3. The van der Waals surface area contributed by atoms with Gasteiger partial charge in [0.25, 0.3) is 5.56 Å². The third-order valence-corrected chi connectivity index (χ3v) is 6.13. The molecule has 5 rings (SSSR count). The van der Waals surface area contributed by atoms with Gasteiger partial charge in [0.15, 0.2) is 0 Å². The van der Waals surface area contributed by atoms with Gasteiger partial charge < -0.3 is 5.32 Å². The third-order valence-electron chi connectivity index (χ3n) is 6.13. The van der Waals surface area contributed by atoms with E-state index < -0.39 is 5.69 Å². The fraction of sp³-hybridized carbons (Fsp3) is 0.333. The highest BCUT2D eigenvalue weighted by atomic mass is 16.2. The van der Waals surface area contributed by atoms with E-state index in [4.69, 9.17) is 0 Å². The van der Waals surface area contributed by atoms with Gasteiger partial charge in [-0.15, -0.1) is 5.10 Å². The Hall–Kier alpha value is -3.68. The van der Waals surface area contributed by atoms with Crippen molar-refractivity contribution in [1.29, 1.82) is 0 Å². The molecule has 2 heterocycles. The van der Waals surface area contributed by atoms with Crippen molar-refractivity contribution in [3.8, 4) is 0 Å². The Labute approximate surface area is 184 Å². The van der Waals surface area contributed by atoms with E-state index in [0.29, 0.717) is 10.9 Å². The molecule has 2 aromatic heterocycles. The highest BCUT2D eigenvalue weighted by Crippen LogP contribution is 2.17. The summed E-state index contributed by atoms with van der Waals surface area (Å²) in [6.07, 6.45) is 5.35. The first kappa shape index (κ1) is 20.2. The average Bonchev–Trinajstić information content (AvgIpc) is 3.13. The Kier molecular flexibility index (Phi) is 5.34. The predicted octanol–water partition coefficient (Wildman–Crippen LogP) is 2.31. The van der Waals surface area contributed by atoms with Gasteiger partial charge in [0.2, 0.25) is 11.7 Å². The first-order chi connectivity index (χ1) is 15.6. The van der Waals surface area contributed by atoms with E-state index in [0.717, 1.165) is 35.9 Å². The van der Waals surface area contributed by atoms with Crippen LogP contribution in [0.25, 0.3) is 16.7 Å². The van der Waals surface area contributed by atoms with Crippen LogP contribution in [0.4, 0.5) is 0 Å². The SMILES string of the molecule is O=C(Cn1nc2n(Cc3ccccc3)c(=O)c3ccccc3n2c1=O)NC1CCCCC1. The van der Waals surface area contributed by atoms with Crippen LogP contribution < -0.4 is 16.6 Å². The number of amides is 1. The van der Waals surface area contributed by atoms with Crippen LogP contribution in [-0.2, 0) is 17.9 Å². The summed E-state index contributed by atoms with van der Waals surface area (Å²) in [5, 5.41) is 7.88. The van der Waals surface area contributed by atoms with E-state index >= 15 is 0 Å². The molecule has 0 atom stereocenters. The lowest BCUT2D eigenvalue weighted by Crippen LogP contribution is -2.40. The van der Waals surface area contributed by atoms with Crippen LogP contribution in [0.2, 0.25) is 0 Å². The molecule has 0 radical (unpaired) electrons. The van der Waals surface area contributed by atoms with Gasteiger partial charge in [0.05, 0.1) is 17.4 Å². The molecule has 1 aliphatic rings. The fourth-order valence-corrected chi connectivity index (χ4v) is 4.54. The molecule has 8 heteroatoms. The fourth-order valence-electron chi connectivity index (χ4n) is 4.54. The maximum Gasteiger partial charge on any atom is 0.352 e. The summed E-state index contributed by atoms with van der Waals surface area (Å²) in [6, 6.07) is 16.7. The molecule has 8 nitrogen and oxygen atoms in total.